The van der Waals surface area contributed by atoms with Gasteiger partial charge in [-0.1, -0.05) is 12.1 Å². The molecule has 118 valence electrons. The Bertz CT molecular complexity index is 575. The van der Waals surface area contributed by atoms with Crippen LogP contribution in [-0.4, -0.2) is 46.8 Å². The number of benzene rings is 1. The molecule has 1 saturated heterocycles. The van der Waals surface area contributed by atoms with E-state index in [1.165, 1.54) is 0 Å². The summed E-state index contributed by atoms with van der Waals surface area (Å²) in [6.07, 6.45) is 5.17. The van der Waals surface area contributed by atoms with E-state index in [0.717, 1.165) is 43.9 Å². The number of hydrogen-bond acceptors (Lipinski definition) is 3. The smallest absolute Gasteiger partial charge is 0.227 e. The van der Waals surface area contributed by atoms with E-state index in [-0.39, 0.29) is 18.3 Å². The monoisotopic (exact) mass is 320 g/mol. The number of halogens is 1. The van der Waals surface area contributed by atoms with Crippen molar-refractivity contribution in [3.05, 3.63) is 48.3 Å². The molecule has 0 radical (unpaired) electrons. The molecule has 0 saturated carbocycles. The second kappa shape index (κ2) is 7.96. The zero-order valence-electron chi connectivity index (χ0n) is 12.4. The fourth-order valence-corrected chi connectivity index (χ4v) is 2.57. The summed E-state index contributed by atoms with van der Waals surface area (Å²) in [7, 11) is 0. The molecule has 0 spiro atoms. The third kappa shape index (κ3) is 4.08. The second-order valence-electron chi connectivity index (χ2n) is 5.28. The van der Waals surface area contributed by atoms with Crippen LogP contribution in [0.1, 0.15) is 12.0 Å². The van der Waals surface area contributed by atoms with Crippen molar-refractivity contribution < 1.29 is 4.79 Å². The molecule has 1 N–H and O–H groups in total. The summed E-state index contributed by atoms with van der Waals surface area (Å²) in [6.45, 7) is 3.56. The molecule has 5 nitrogen and oxygen atoms in total. The minimum absolute atomic E-state index is 0. The van der Waals surface area contributed by atoms with E-state index >= 15 is 0 Å². The first kappa shape index (κ1) is 16.5. The molecule has 3 rings (SSSR count). The number of nitrogens with zero attached hydrogens (tertiary/aromatic N) is 3. The number of nitrogens with one attached hydrogen (secondary N) is 1. The molecule has 1 amide bonds. The highest BCUT2D eigenvalue weighted by Crippen LogP contribution is 2.10. The number of amides is 1. The summed E-state index contributed by atoms with van der Waals surface area (Å²) < 4.78 is 1.81. The van der Waals surface area contributed by atoms with Gasteiger partial charge in [-0.3, -0.25) is 4.79 Å². The van der Waals surface area contributed by atoms with E-state index in [2.05, 4.69) is 10.4 Å². The van der Waals surface area contributed by atoms with E-state index in [0.29, 0.717) is 6.42 Å². The molecule has 2 aromatic rings. The van der Waals surface area contributed by atoms with E-state index in [9.17, 15) is 4.79 Å². The third-order valence-corrected chi connectivity index (χ3v) is 3.75. The Kier molecular flexibility index (Phi) is 5.98. The topological polar surface area (TPSA) is 50.2 Å². The van der Waals surface area contributed by atoms with Crippen LogP contribution in [0.2, 0.25) is 0 Å². The van der Waals surface area contributed by atoms with Gasteiger partial charge in [-0.2, -0.15) is 5.10 Å². The molecule has 1 fully saturated rings. The quantitative estimate of drug-likeness (QED) is 0.935. The van der Waals surface area contributed by atoms with Gasteiger partial charge in [0.15, 0.2) is 0 Å². The molecule has 6 heteroatoms. The lowest BCUT2D eigenvalue weighted by molar-refractivity contribution is -0.130. The van der Waals surface area contributed by atoms with Gasteiger partial charge in [0.2, 0.25) is 5.91 Å². The lowest BCUT2D eigenvalue weighted by Gasteiger charge is -2.20. The third-order valence-electron chi connectivity index (χ3n) is 3.75. The van der Waals surface area contributed by atoms with Gasteiger partial charge in [0.25, 0.3) is 0 Å². The van der Waals surface area contributed by atoms with Gasteiger partial charge < -0.3 is 10.2 Å². The van der Waals surface area contributed by atoms with Crippen LogP contribution in [0.15, 0.2) is 42.7 Å². The first-order chi connectivity index (χ1) is 10.3. The van der Waals surface area contributed by atoms with Gasteiger partial charge in [-0.15, -0.1) is 12.4 Å². The maximum atomic E-state index is 12.3. The van der Waals surface area contributed by atoms with Gasteiger partial charge in [0.1, 0.15) is 0 Å². The van der Waals surface area contributed by atoms with E-state index < -0.39 is 0 Å². The minimum Gasteiger partial charge on any atom is -0.341 e. The lowest BCUT2D eigenvalue weighted by Crippen LogP contribution is -2.35. The Morgan fingerprint density at radius 2 is 2.00 bits per heavy atom. The number of aromatic nitrogens is 2. The van der Waals surface area contributed by atoms with Crippen LogP contribution in [0.3, 0.4) is 0 Å². The van der Waals surface area contributed by atoms with Crippen LogP contribution < -0.4 is 5.32 Å². The van der Waals surface area contributed by atoms with Crippen LogP contribution in [0, 0.1) is 0 Å². The van der Waals surface area contributed by atoms with Crippen molar-refractivity contribution in [1.29, 1.82) is 0 Å². The molecule has 2 heterocycles. The second-order valence-corrected chi connectivity index (χ2v) is 5.28. The van der Waals surface area contributed by atoms with Crippen molar-refractivity contribution in [2.75, 3.05) is 26.2 Å². The fourth-order valence-electron chi connectivity index (χ4n) is 2.57. The molecule has 0 atom stereocenters. The lowest BCUT2D eigenvalue weighted by atomic mass is 10.1. The number of carbonyl (C=O) groups is 1. The molecule has 22 heavy (non-hydrogen) atoms. The van der Waals surface area contributed by atoms with Crippen molar-refractivity contribution in [2.24, 2.45) is 0 Å². The number of rotatable bonds is 3. The van der Waals surface area contributed by atoms with Crippen LogP contribution >= 0.6 is 12.4 Å². The first-order valence-electron chi connectivity index (χ1n) is 7.40. The molecular formula is C16H21ClN4O. The van der Waals surface area contributed by atoms with E-state index in [1.807, 2.05) is 46.1 Å². The normalized spacial score (nSPS) is 15.0. The molecule has 1 aliphatic heterocycles. The van der Waals surface area contributed by atoms with Crippen LogP contribution in [-0.2, 0) is 11.2 Å². The standard InChI is InChI=1S/C16H20N4O.ClH/c21-16(19-10-1-7-17-9-12-19)13-14-3-5-15(6-4-14)20-11-2-8-18-20;/h2-6,8,11,17H,1,7,9-10,12-13H2;1H. The van der Waals surface area contributed by atoms with Crippen molar-refractivity contribution in [3.63, 3.8) is 0 Å². The maximum absolute atomic E-state index is 12.3. The highest BCUT2D eigenvalue weighted by Gasteiger charge is 2.15. The van der Waals surface area contributed by atoms with Crippen LogP contribution in [0.5, 0.6) is 0 Å². The van der Waals surface area contributed by atoms with Gasteiger partial charge in [-0.05, 0) is 36.7 Å². The average molecular weight is 321 g/mol. The molecule has 1 aromatic carbocycles. The summed E-state index contributed by atoms with van der Waals surface area (Å²) in [4.78, 5) is 14.3. The number of hydrogen-bond donors (Lipinski definition) is 1. The van der Waals surface area contributed by atoms with E-state index in [4.69, 9.17) is 0 Å². The maximum Gasteiger partial charge on any atom is 0.227 e. The summed E-state index contributed by atoms with van der Waals surface area (Å²) in [6, 6.07) is 9.90. The Balaban J connectivity index is 0.00000176. The molecule has 0 aliphatic carbocycles. The van der Waals surface area contributed by atoms with Crippen molar-refractivity contribution in [3.8, 4) is 5.69 Å². The zero-order valence-corrected chi connectivity index (χ0v) is 13.3. The van der Waals surface area contributed by atoms with Crippen LogP contribution in [0.25, 0.3) is 5.69 Å². The average Bonchev–Trinajstić information content (AvgIpc) is 2.90. The van der Waals surface area contributed by atoms with Gasteiger partial charge in [0, 0.05) is 32.0 Å². The SMILES string of the molecule is Cl.O=C(Cc1ccc(-n2cccn2)cc1)N1CCCNCC1. The minimum atomic E-state index is 0. The molecule has 1 aromatic heterocycles. The van der Waals surface area contributed by atoms with Crippen molar-refractivity contribution >= 4 is 18.3 Å². The number of carbonyl (C=O) groups excluding carboxylic acids is 1. The van der Waals surface area contributed by atoms with Crippen LogP contribution in [0.4, 0.5) is 0 Å². The summed E-state index contributed by atoms with van der Waals surface area (Å²) in [5.41, 5.74) is 2.06. The fraction of sp³-hybridized carbons (Fsp3) is 0.375. The van der Waals surface area contributed by atoms with Gasteiger partial charge >= 0.3 is 0 Å². The highest BCUT2D eigenvalue weighted by atomic mass is 35.5. The summed E-state index contributed by atoms with van der Waals surface area (Å²) >= 11 is 0. The van der Waals surface area contributed by atoms with Gasteiger partial charge in [-0.25, -0.2) is 4.68 Å². The Morgan fingerprint density at radius 3 is 2.73 bits per heavy atom. The summed E-state index contributed by atoms with van der Waals surface area (Å²) in [5, 5.41) is 7.51. The zero-order chi connectivity index (χ0) is 14.5. The molecule has 0 unspecified atom stereocenters. The molecule has 0 bridgehead atoms. The Labute approximate surface area is 136 Å². The van der Waals surface area contributed by atoms with E-state index in [1.54, 1.807) is 6.20 Å². The highest BCUT2D eigenvalue weighted by molar-refractivity contribution is 5.85. The largest absolute Gasteiger partial charge is 0.341 e. The predicted molar refractivity (Wildman–Crippen MR) is 88.6 cm³/mol. The Hall–Kier alpha value is -1.85. The molecular weight excluding hydrogens is 300 g/mol. The first-order valence-corrected chi connectivity index (χ1v) is 7.40. The van der Waals surface area contributed by atoms with Gasteiger partial charge in [0.05, 0.1) is 12.1 Å². The van der Waals surface area contributed by atoms with Crippen molar-refractivity contribution in [2.45, 2.75) is 12.8 Å². The van der Waals surface area contributed by atoms with Crippen molar-refractivity contribution in [1.82, 2.24) is 20.0 Å². The summed E-state index contributed by atoms with van der Waals surface area (Å²) in [5.74, 6) is 0.213. The molecule has 1 aliphatic rings. The Morgan fingerprint density at radius 1 is 1.18 bits per heavy atom. The predicted octanol–water partition coefficient (Wildman–Crippen LogP) is 1.66.